The summed E-state index contributed by atoms with van der Waals surface area (Å²) < 4.78 is 0. The van der Waals surface area contributed by atoms with Gasteiger partial charge in [0.15, 0.2) is 0 Å². The van der Waals surface area contributed by atoms with Crippen molar-refractivity contribution in [2.75, 3.05) is 10.7 Å². The maximum atomic E-state index is 12.3. The second kappa shape index (κ2) is 10.7. The van der Waals surface area contributed by atoms with Crippen molar-refractivity contribution in [1.82, 2.24) is 15.4 Å². The van der Waals surface area contributed by atoms with Gasteiger partial charge in [0.25, 0.3) is 0 Å². The molecule has 0 aliphatic rings. The van der Waals surface area contributed by atoms with Crippen LogP contribution in [0.3, 0.4) is 0 Å². The van der Waals surface area contributed by atoms with E-state index in [2.05, 4.69) is 26.1 Å². The van der Waals surface area contributed by atoms with Gasteiger partial charge in [0.2, 0.25) is 17.5 Å². The zero-order valence-electron chi connectivity index (χ0n) is 18.1. The number of carbonyl (C=O) groups is 1. The average Bonchev–Trinajstić information content (AvgIpc) is 2.87. The van der Waals surface area contributed by atoms with E-state index in [1.54, 1.807) is 0 Å². The molecule has 0 saturated heterocycles. The number of carbonyl (C=O) groups excluding carboxylic acids is 1. The summed E-state index contributed by atoms with van der Waals surface area (Å²) in [4.78, 5) is 31.8. The monoisotopic (exact) mass is 454 g/mol. The number of hydrogen-bond donors (Lipinski definition) is 3. The van der Waals surface area contributed by atoms with Crippen molar-refractivity contribution >= 4 is 23.2 Å². The molecule has 0 spiro atoms. The van der Waals surface area contributed by atoms with Crippen LogP contribution in [0.1, 0.15) is 22.7 Å². The van der Waals surface area contributed by atoms with Crippen LogP contribution in [0.15, 0.2) is 97.3 Å². The quantitative estimate of drug-likeness (QED) is 0.255. The summed E-state index contributed by atoms with van der Waals surface area (Å²) in [6.07, 6.45) is 1.32. The van der Waals surface area contributed by atoms with Gasteiger partial charge >= 0.3 is 5.69 Å². The Hall–Kier alpha value is -4.79. The van der Waals surface area contributed by atoms with E-state index in [1.165, 1.54) is 6.33 Å². The molecule has 34 heavy (non-hydrogen) atoms. The molecular weight excluding hydrogens is 432 g/mol. The Morgan fingerprint density at radius 1 is 0.824 bits per heavy atom. The van der Waals surface area contributed by atoms with Crippen LogP contribution in [0, 0.1) is 10.1 Å². The van der Waals surface area contributed by atoms with Gasteiger partial charge in [-0.3, -0.25) is 25.8 Å². The molecule has 1 aromatic heterocycles. The summed E-state index contributed by atoms with van der Waals surface area (Å²) in [7, 11) is 0. The molecule has 1 heterocycles. The highest BCUT2D eigenvalue weighted by atomic mass is 16.6. The van der Waals surface area contributed by atoms with E-state index in [0.29, 0.717) is 0 Å². The summed E-state index contributed by atoms with van der Waals surface area (Å²) in [5.41, 5.74) is 7.31. The van der Waals surface area contributed by atoms with Crippen LogP contribution in [0.5, 0.6) is 0 Å². The minimum absolute atomic E-state index is 0.0255. The Morgan fingerprint density at radius 2 is 1.35 bits per heavy atom. The Kier molecular flexibility index (Phi) is 7.04. The molecule has 0 saturated carbocycles. The predicted octanol–water partition coefficient (Wildman–Crippen LogP) is 4.27. The Bertz CT molecular complexity index is 1210. The molecule has 0 aliphatic carbocycles. The van der Waals surface area contributed by atoms with E-state index in [1.807, 2.05) is 91.0 Å². The van der Waals surface area contributed by atoms with Crippen LogP contribution in [0.2, 0.25) is 0 Å². The number of hydrazine groups is 1. The van der Waals surface area contributed by atoms with Gasteiger partial charge in [-0.25, -0.2) is 9.97 Å². The first-order valence-corrected chi connectivity index (χ1v) is 10.6. The fourth-order valence-electron chi connectivity index (χ4n) is 3.49. The molecule has 4 rings (SSSR count). The molecule has 0 fully saturated rings. The molecule has 0 unspecified atom stereocenters. The van der Waals surface area contributed by atoms with Crippen LogP contribution in [-0.2, 0) is 11.2 Å². The lowest BCUT2D eigenvalue weighted by Crippen LogP contribution is -2.31. The number of anilines is 2. The molecule has 0 atom stereocenters. The fraction of sp³-hybridized carbons (Fsp3) is 0.0800. The number of benzene rings is 3. The third-order valence-corrected chi connectivity index (χ3v) is 5.08. The number of hydrogen-bond acceptors (Lipinski definition) is 7. The van der Waals surface area contributed by atoms with E-state index < -0.39 is 11.0 Å². The third kappa shape index (κ3) is 5.52. The standard InChI is InChI=1S/C25H22N6O3/c32-21(16-18-10-4-1-5-11-18)29-30-25-23(31(33)34)24(26-17-27-25)28-22(19-12-6-2-7-13-19)20-14-8-3-9-15-20/h1-15,17,22H,16H2,(H,29,32)(H2,26,27,28,30). The van der Waals surface area contributed by atoms with E-state index in [0.717, 1.165) is 16.7 Å². The van der Waals surface area contributed by atoms with E-state index in [9.17, 15) is 14.9 Å². The van der Waals surface area contributed by atoms with Gasteiger partial charge in [-0.15, -0.1) is 0 Å². The van der Waals surface area contributed by atoms with Crippen LogP contribution in [-0.4, -0.2) is 20.8 Å². The van der Waals surface area contributed by atoms with Crippen LogP contribution >= 0.6 is 0 Å². The van der Waals surface area contributed by atoms with E-state index in [-0.39, 0.29) is 29.7 Å². The van der Waals surface area contributed by atoms with Crippen LogP contribution < -0.4 is 16.2 Å². The second-order valence-corrected chi connectivity index (χ2v) is 7.41. The number of aromatic nitrogens is 2. The molecule has 170 valence electrons. The highest BCUT2D eigenvalue weighted by Crippen LogP contribution is 2.33. The SMILES string of the molecule is O=C(Cc1ccccc1)NNc1ncnc(NC(c2ccccc2)c2ccccc2)c1[N+](=O)[O-]. The molecule has 0 aliphatic heterocycles. The first-order valence-electron chi connectivity index (χ1n) is 10.6. The van der Waals surface area contributed by atoms with Gasteiger partial charge in [0.05, 0.1) is 17.4 Å². The normalized spacial score (nSPS) is 10.5. The summed E-state index contributed by atoms with van der Waals surface area (Å²) in [6.45, 7) is 0. The second-order valence-electron chi connectivity index (χ2n) is 7.41. The number of nitrogens with zero attached hydrogens (tertiary/aromatic N) is 3. The smallest absolute Gasteiger partial charge is 0.353 e. The first-order chi connectivity index (χ1) is 16.6. The lowest BCUT2D eigenvalue weighted by atomic mass is 9.99. The van der Waals surface area contributed by atoms with Crippen LogP contribution in [0.25, 0.3) is 0 Å². The topological polar surface area (TPSA) is 122 Å². The first kappa shape index (κ1) is 22.4. The number of nitrogens with one attached hydrogen (secondary N) is 3. The third-order valence-electron chi connectivity index (χ3n) is 5.08. The maximum Gasteiger partial charge on any atom is 0.354 e. The zero-order chi connectivity index (χ0) is 23.8. The zero-order valence-corrected chi connectivity index (χ0v) is 18.1. The number of rotatable bonds is 9. The maximum absolute atomic E-state index is 12.3. The summed E-state index contributed by atoms with van der Waals surface area (Å²) in [6, 6.07) is 27.9. The van der Waals surface area contributed by atoms with Gasteiger partial charge in [-0.05, 0) is 16.7 Å². The van der Waals surface area contributed by atoms with Gasteiger partial charge in [-0.2, -0.15) is 0 Å². The van der Waals surface area contributed by atoms with Crippen molar-refractivity contribution in [3.8, 4) is 0 Å². The molecular formula is C25H22N6O3. The van der Waals surface area contributed by atoms with Crippen molar-refractivity contribution in [2.45, 2.75) is 12.5 Å². The highest BCUT2D eigenvalue weighted by molar-refractivity contribution is 5.81. The lowest BCUT2D eigenvalue weighted by molar-refractivity contribution is -0.383. The van der Waals surface area contributed by atoms with Gasteiger partial charge < -0.3 is 5.32 Å². The van der Waals surface area contributed by atoms with Gasteiger partial charge in [-0.1, -0.05) is 91.0 Å². The molecule has 1 amide bonds. The minimum Gasteiger partial charge on any atom is -0.353 e. The van der Waals surface area contributed by atoms with Crippen molar-refractivity contribution < 1.29 is 9.72 Å². The molecule has 3 aromatic carbocycles. The predicted molar refractivity (Wildman–Crippen MR) is 129 cm³/mol. The van der Waals surface area contributed by atoms with Gasteiger partial charge in [0, 0.05) is 0 Å². The Morgan fingerprint density at radius 3 is 1.91 bits per heavy atom. The summed E-state index contributed by atoms with van der Waals surface area (Å²) in [5.74, 6) is -0.457. The number of amides is 1. The summed E-state index contributed by atoms with van der Waals surface area (Å²) >= 11 is 0. The largest absolute Gasteiger partial charge is 0.354 e. The van der Waals surface area contributed by atoms with E-state index in [4.69, 9.17) is 0 Å². The van der Waals surface area contributed by atoms with Crippen LogP contribution in [0.4, 0.5) is 17.3 Å². The molecule has 0 radical (unpaired) electrons. The van der Waals surface area contributed by atoms with Crippen molar-refractivity contribution in [3.05, 3.63) is 124 Å². The Balaban J connectivity index is 1.58. The fourth-order valence-corrected chi connectivity index (χ4v) is 3.49. The van der Waals surface area contributed by atoms with Gasteiger partial charge in [0.1, 0.15) is 6.33 Å². The molecule has 3 N–H and O–H groups in total. The molecule has 0 bridgehead atoms. The Labute approximate surface area is 196 Å². The highest BCUT2D eigenvalue weighted by Gasteiger charge is 2.26. The molecule has 9 heteroatoms. The minimum atomic E-state index is -0.582. The summed E-state index contributed by atoms with van der Waals surface area (Å²) in [5, 5.41) is 15.1. The number of nitro groups is 1. The van der Waals surface area contributed by atoms with E-state index >= 15 is 0 Å². The lowest BCUT2D eigenvalue weighted by Gasteiger charge is -2.20. The van der Waals surface area contributed by atoms with Crippen molar-refractivity contribution in [1.29, 1.82) is 0 Å². The van der Waals surface area contributed by atoms with Crippen molar-refractivity contribution in [2.24, 2.45) is 0 Å². The molecule has 4 aromatic rings. The van der Waals surface area contributed by atoms with Crippen molar-refractivity contribution in [3.63, 3.8) is 0 Å². The molecule has 9 nitrogen and oxygen atoms in total. The average molecular weight is 454 g/mol.